The fraction of sp³-hybridized carbons (Fsp3) is 0.375. The van der Waals surface area contributed by atoms with Crippen molar-refractivity contribution in [3.05, 3.63) is 34.7 Å². The average molecular weight is 320 g/mol. The topological polar surface area (TPSA) is 49.9 Å². The number of amides is 2. The van der Waals surface area contributed by atoms with Gasteiger partial charge >= 0.3 is 0 Å². The van der Waals surface area contributed by atoms with Gasteiger partial charge in [-0.05, 0) is 42.0 Å². The van der Waals surface area contributed by atoms with Crippen molar-refractivity contribution in [2.45, 2.75) is 6.42 Å². The molecule has 22 heavy (non-hydrogen) atoms. The molecule has 1 aromatic rings. The third-order valence-corrected chi connectivity index (χ3v) is 4.22. The van der Waals surface area contributed by atoms with Gasteiger partial charge in [0.25, 0.3) is 11.1 Å². The Kier molecular flexibility index (Phi) is 5.63. The first-order valence-electron chi connectivity index (χ1n) is 7.04. The SMILES string of the molecule is COCCCN1C(=O)S/C(=C/c2ccc(N(C)C)cc2)C1=O. The predicted octanol–water partition coefficient (Wildman–Crippen LogP) is 2.83. The van der Waals surface area contributed by atoms with E-state index in [4.69, 9.17) is 4.74 Å². The van der Waals surface area contributed by atoms with Crippen molar-refractivity contribution in [3.63, 3.8) is 0 Å². The number of imide groups is 1. The first kappa shape index (κ1) is 16.6. The zero-order valence-electron chi connectivity index (χ0n) is 13.0. The van der Waals surface area contributed by atoms with Gasteiger partial charge in [-0.2, -0.15) is 0 Å². The minimum absolute atomic E-state index is 0.211. The monoisotopic (exact) mass is 320 g/mol. The van der Waals surface area contributed by atoms with Gasteiger partial charge in [0.05, 0.1) is 4.91 Å². The molecule has 118 valence electrons. The largest absolute Gasteiger partial charge is 0.385 e. The van der Waals surface area contributed by atoms with Crippen molar-refractivity contribution in [1.29, 1.82) is 0 Å². The Balaban J connectivity index is 2.08. The molecule has 0 atom stereocenters. The Morgan fingerprint density at radius 3 is 2.50 bits per heavy atom. The van der Waals surface area contributed by atoms with Crippen LogP contribution in [0.3, 0.4) is 0 Å². The Labute approximate surface area is 134 Å². The van der Waals surface area contributed by atoms with Crippen molar-refractivity contribution >= 4 is 34.7 Å². The molecule has 1 aliphatic rings. The van der Waals surface area contributed by atoms with Crippen LogP contribution in [0.1, 0.15) is 12.0 Å². The Bertz CT molecular complexity index is 582. The highest BCUT2D eigenvalue weighted by atomic mass is 32.2. The molecule has 6 heteroatoms. The molecule has 0 spiro atoms. The summed E-state index contributed by atoms with van der Waals surface area (Å²) in [5, 5.41) is -0.211. The van der Waals surface area contributed by atoms with Crippen LogP contribution in [0.5, 0.6) is 0 Å². The second-order valence-corrected chi connectivity index (χ2v) is 6.16. The van der Waals surface area contributed by atoms with E-state index in [9.17, 15) is 9.59 Å². The molecule has 1 fully saturated rings. The minimum atomic E-state index is -0.220. The highest BCUT2D eigenvalue weighted by Gasteiger charge is 2.34. The molecule has 0 N–H and O–H groups in total. The van der Waals surface area contributed by atoms with Crippen LogP contribution in [0.2, 0.25) is 0 Å². The van der Waals surface area contributed by atoms with Crippen LogP contribution in [0.15, 0.2) is 29.2 Å². The average Bonchev–Trinajstić information content (AvgIpc) is 2.75. The van der Waals surface area contributed by atoms with Crippen LogP contribution in [0, 0.1) is 0 Å². The molecular weight excluding hydrogens is 300 g/mol. The number of rotatable bonds is 6. The van der Waals surface area contributed by atoms with Crippen LogP contribution < -0.4 is 4.90 Å². The number of hydrogen-bond acceptors (Lipinski definition) is 5. The zero-order chi connectivity index (χ0) is 16.1. The third kappa shape index (κ3) is 3.90. The summed E-state index contributed by atoms with van der Waals surface area (Å²) in [6.07, 6.45) is 2.42. The standard InChI is InChI=1S/C16H20N2O3S/c1-17(2)13-7-5-12(6-8-13)11-14-15(19)18(16(20)22-14)9-4-10-21-3/h5-8,11H,4,9-10H2,1-3H3/b14-11+. The van der Waals surface area contributed by atoms with Gasteiger partial charge in [-0.1, -0.05) is 12.1 Å². The van der Waals surface area contributed by atoms with E-state index in [0.717, 1.165) is 23.0 Å². The number of methoxy groups -OCH3 is 1. The molecule has 1 heterocycles. The van der Waals surface area contributed by atoms with Gasteiger partial charge in [-0.3, -0.25) is 14.5 Å². The molecule has 2 amide bonds. The van der Waals surface area contributed by atoms with Gasteiger partial charge < -0.3 is 9.64 Å². The summed E-state index contributed by atoms with van der Waals surface area (Å²) in [5.41, 5.74) is 2.00. The van der Waals surface area contributed by atoms with Crippen molar-refractivity contribution in [3.8, 4) is 0 Å². The Morgan fingerprint density at radius 1 is 1.23 bits per heavy atom. The van der Waals surface area contributed by atoms with Crippen molar-refractivity contribution < 1.29 is 14.3 Å². The second-order valence-electron chi connectivity index (χ2n) is 5.17. The summed E-state index contributed by atoms with van der Waals surface area (Å²) >= 11 is 0.992. The van der Waals surface area contributed by atoms with E-state index < -0.39 is 0 Å². The highest BCUT2D eigenvalue weighted by molar-refractivity contribution is 8.18. The number of nitrogens with zero attached hydrogens (tertiary/aromatic N) is 2. The van der Waals surface area contributed by atoms with E-state index in [2.05, 4.69) is 0 Å². The fourth-order valence-electron chi connectivity index (χ4n) is 2.08. The van der Waals surface area contributed by atoms with Crippen molar-refractivity contribution in [2.24, 2.45) is 0 Å². The van der Waals surface area contributed by atoms with E-state index in [0.29, 0.717) is 24.5 Å². The molecule has 1 aromatic carbocycles. The predicted molar refractivity (Wildman–Crippen MR) is 89.9 cm³/mol. The number of ether oxygens (including phenoxy) is 1. The summed E-state index contributed by atoms with van der Waals surface area (Å²) in [7, 11) is 5.55. The minimum Gasteiger partial charge on any atom is -0.385 e. The first-order chi connectivity index (χ1) is 10.5. The van der Waals surface area contributed by atoms with Gasteiger partial charge in [-0.15, -0.1) is 0 Å². The molecule has 0 bridgehead atoms. The van der Waals surface area contributed by atoms with Gasteiger partial charge in [-0.25, -0.2) is 0 Å². The molecule has 0 aromatic heterocycles. The van der Waals surface area contributed by atoms with E-state index in [1.54, 1.807) is 13.2 Å². The summed E-state index contributed by atoms with van der Waals surface area (Å²) in [6.45, 7) is 0.933. The molecule has 1 saturated heterocycles. The van der Waals surface area contributed by atoms with Gasteiger partial charge in [0.15, 0.2) is 0 Å². The first-order valence-corrected chi connectivity index (χ1v) is 7.86. The van der Waals surface area contributed by atoms with Crippen LogP contribution in [-0.2, 0) is 9.53 Å². The van der Waals surface area contributed by atoms with Gasteiger partial charge in [0, 0.05) is 40.0 Å². The lowest BCUT2D eigenvalue weighted by Crippen LogP contribution is -2.29. The molecule has 0 saturated carbocycles. The van der Waals surface area contributed by atoms with Crippen LogP contribution in [0.25, 0.3) is 6.08 Å². The normalized spacial score (nSPS) is 16.7. The quantitative estimate of drug-likeness (QED) is 0.596. The Morgan fingerprint density at radius 2 is 1.91 bits per heavy atom. The molecule has 2 rings (SSSR count). The molecule has 0 unspecified atom stereocenters. The lowest BCUT2D eigenvalue weighted by Gasteiger charge is -2.12. The van der Waals surface area contributed by atoms with Crippen LogP contribution >= 0.6 is 11.8 Å². The number of carbonyl (C=O) groups excluding carboxylic acids is 2. The molecule has 5 nitrogen and oxygen atoms in total. The number of carbonyl (C=O) groups is 2. The smallest absolute Gasteiger partial charge is 0.293 e. The van der Waals surface area contributed by atoms with E-state index in [1.807, 2.05) is 43.3 Å². The van der Waals surface area contributed by atoms with Crippen molar-refractivity contribution in [2.75, 3.05) is 39.3 Å². The van der Waals surface area contributed by atoms with E-state index in [-0.39, 0.29) is 11.1 Å². The molecule has 1 aliphatic heterocycles. The highest BCUT2D eigenvalue weighted by Crippen LogP contribution is 2.32. The lowest BCUT2D eigenvalue weighted by atomic mass is 10.2. The number of hydrogen-bond donors (Lipinski definition) is 0. The van der Waals surface area contributed by atoms with Gasteiger partial charge in [0.1, 0.15) is 0 Å². The number of anilines is 1. The van der Waals surface area contributed by atoms with E-state index >= 15 is 0 Å². The fourth-order valence-corrected chi connectivity index (χ4v) is 2.94. The molecule has 0 aliphatic carbocycles. The maximum Gasteiger partial charge on any atom is 0.293 e. The van der Waals surface area contributed by atoms with Crippen molar-refractivity contribution in [1.82, 2.24) is 4.90 Å². The third-order valence-electron chi connectivity index (χ3n) is 3.31. The van der Waals surface area contributed by atoms with Crippen LogP contribution in [-0.4, -0.2) is 50.4 Å². The van der Waals surface area contributed by atoms with Crippen LogP contribution in [0.4, 0.5) is 10.5 Å². The molecular formula is C16H20N2O3S. The zero-order valence-corrected chi connectivity index (χ0v) is 13.9. The lowest BCUT2D eigenvalue weighted by molar-refractivity contribution is -0.122. The second kappa shape index (κ2) is 7.47. The summed E-state index contributed by atoms with van der Waals surface area (Å²) in [5.74, 6) is -0.220. The maximum atomic E-state index is 12.3. The summed E-state index contributed by atoms with van der Waals surface area (Å²) in [6, 6.07) is 7.84. The van der Waals surface area contributed by atoms with Gasteiger partial charge in [0.2, 0.25) is 0 Å². The summed E-state index contributed by atoms with van der Waals surface area (Å²) in [4.78, 5) is 27.9. The number of thioether (sulfide) groups is 1. The maximum absolute atomic E-state index is 12.3. The number of benzene rings is 1. The van der Waals surface area contributed by atoms with E-state index in [1.165, 1.54) is 4.90 Å². The summed E-state index contributed by atoms with van der Waals surface area (Å²) < 4.78 is 4.95. The molecule has 0 radical (unpaired) electrons. The Hall–Kier alpha value is -1.79.